The van der Waals surface area contributed by atoms with Crippen LogP contribution >= 0.6 is 0 Å². The van der Waals surface area contributed by atoms with Gasteiger partial charge in [-0.2, -0.15) is 0 Å². The summed E-state index contributed by atoms with van der Waals surface area (Å²) in [5.41, 5.74) is 5.62. The molecule has 5 nitrogen and oxygen atoms in total. The van der Waals surface area contributed by atoms with E-state index < -0.39 is 0 Å². The summed E-state index contributed by atoms with van der Waals surface area (Å²) in [5.74, 6) is 1.56. The Kier molecular flexibility index (Phi) is 4.14. The van der Waals surface area contributed by atoms with Gasteiger partial charge in [-0.15, -0.1) is 0 Å². The standard InChI is InChI=1S/C12H20N4O/c13-7-9-3-1-2-4-10(9)8-16-11-12(17)15-6-5-14-11/h5-6,9-10H,1-4,7-8,13H2,(H,14,16)(H,15,17). The zero-order chi connectivity index (χ0) is 12.1. The number of hydrogen-bond acceptors (Lipinski definition) is 4. The van der Waals surface area contributed by atoms with Crippen LogP contribution in [0.25, 0.3) is 0 Å². The molecule has 0 spiro atoms. The first-order valence-corrected chi connectivity index (χ1v) is 6.29. The minimum atomic E-state index is -0.160. The predicted molar refractivity (Wildman–Crippen MR) is 67.8 cm³/mol. The van der Waals surface area contributed by atoms with Crippen molar-refractivity contribution < 1.29 is 0 Å². The first kappa shape index (κ1) is 12.1. The molecule has 0 aliphatic heterocycles. The summed E-state index contributed by atoms with van der Waals surface area (Å²) in [7, 11) is 0. The summed E-state index contributed by atoms with van der Waals surface area (Å²) in [6, 6.07) is 0. The van der Waals surface area contributed by atoms with Crippen LogP contribution in [0.2, 0.25) is 0 Å². The van der Waals surface area contributed by atoms with E-state index in [1.54, 1.807) is 6.20 Å². The Labute approximate surface area is 101 Å². The molecule has 1 aromatic rings. The monoisotopic (exact) mass is 236 g/mol. The van der Waals surface area contributed by atoms with Gasteiger partial charge in [-0.25, -0.2) is 4.98 Å². The van der Waals surface area contributed by atoms with Gasteiger partial charge in [0, 0.05) is 18.9 Å². The molecule has 1 aromatic heterocycles. The van der Waals surface area contributed by atoms with Crippen LogP contribution in [0.15, 0.2) is 17.2 Å². The number of hydrogen-bond donors (Lipinski definition) is 3. The number of anilines is 1. The van der Waals surface area contributed by atoms with E-state index in [1.807, 2.05) is 0 Å². The van der Waals surface area contributed by atoms with Gasteiger partial charge in [0.25, 0.3) is 5.56 Å². The molecule has 5 heteroatoms. The maximum Gasteiger partial charge on any atom is 0.290 e. The fourth-order valence-electron chi connectivity index (χ4n) is 2.57. The molecular formula is C12H20N4O. The predicted octanol–water partition coefficient (Wildman–Crippen LogP) is 0.947. The average Bonchev–Trinajstić information content (AvgIpc) is 2.38. The van der Waals surface area contributed by atoms with Crippen LogP contribution in [0.4, 0.5) is 5.82 Å². The van der Waals surface area contributed by atoms with Gasteiger partial charge in [-0.1, -0.05) is 12.8 Å². The van der Waals surface area contributed by atoms with Crippen LogP contribution in [0, 0.1) is 11.8 Å². The number of H-pyrrole nitrogens is 1. The second kappa shape index (κ2) is 5.82. The first-order valence-electron chi connectivity index (χ1n) is 6.29. The van der Waals surface area contributed by atoms with E-state index >= 15 is 0 Å². The van der Waals surface area contributed by atoms with Gasteiger partial charge >= 0.3 is 0 Å². The van der Waals surface area contributed by atoms with Crippen LogP contribution in [0.3, 0.4) is 0 Å². The molecule has 1 saturated carbocycles. The van der Waals surface area contributed by atoms with Crippen LogP contribution in [-0.4, -0.2) is 23.1 Å². The van der Waals surface area contributed by atoms with Gasteiger partial charge in [-0.05, 0) is 31.2 Å². The molecule has 1 fully saturated rings. The number of nitrogens with zero attached hydrogens (tertiary/aromatic N) is 1. The molecule has 17 heavy (non-hydrogen) atoms. The number of aromatic amines is 1. The maximum atomic E-state index is 11.4. The van der Waals surface area contributed by atoms with Crippen molar-refractivity contribution in [2.45, 2.75) is 25.7 Å². The minimum Gasteiger partial charge on any atom is -0.365 e. The molecule has 0 radical (unpaired) electrons. The summed E-state index contributed by atoms with van der Waals surface area (Å²) in [6.07, 6.45) is 8.08. The molecule has 2 atom stereocenters. The average molecular weight is 236 g/mol. The van der Waals surface area contributed by atoms with Crippen LogP contribution < -0.4 is 16.6 Å². The Morgan fingerprint density at radius 1 is 1.41 bits per heavy atom. The van der Waals surface area contributed by atoms with Crippen LogP contribution in [0.1, 0.15) is 25.7 Å². The molecule has 0 amide bonds. The summed E-state index contributed by atoms with van der Waals surface area (Å²) in [4.78, 5) is 18.1. The SMILES string of the molecule is NCC1CCCCC1CNc1ncc[nH]c1=O. The molecule has 0 bridgehead atoms. The molecule has 4 N–H and O–H groups in total. The second-order valence-corrected chi connectivity index (χ2v) is 4.69. The quantitative estimate of drug-likeness (QED) is 0.726. The molecule has 0 aromatic carbocycles. The third kappa shape index (κ3) is 3.06. The van der Waals surface area contributed by atoms with Crippen LogP contribution in [-0.2, 0) is 0 Å². The lowest BCUT2D eigenvalue weighted by Gasteiger charge is -2.30. The normalized spacial score (nSPS) is 24.5. The molecule has 1 aliphatic carbocycles. The Bertz CT molecular complexity index is 403. The smallest absolute Gasteiger partial charge is 0.290 e. The Morgan fingerprint density at radius 2 is 2.18 bits per heavy atom. The van der Waals surface area contributed by atoms with Gasteiger partial charge in [-0.3, -0.25) is 4.79 Å². The Balaban J connectivity index is 1.93. The molecular weight excluding hydrogens is 216 g/mol. The van der Waals surface area contributed by atoms with E-state index in [1.165, 1.54) is 31.9 Å². The van der Waals surface area contributed by atoms with Crippen molar-refractivity contribution in [2.75, 3.05) is 18.4 Å². The Hall–Kier alpha value is -1.36. The van der Waals surface area contributed by atoms with Gasteiger partial charge in [0.2, 0.25) is 0 Å². The second-order valence-electron chi connectivity index (χ2n) is 4.69. The molecule has 2 unspecified atom stereocenters. The van der Waals surface area contributed by atoms with Crippen molar-refractivity contribution >= 4 is 5.82 Å². The lowest BCUT2D eigenvalue weighted by Crippen LogP contribution is -2.32. The van der Waals surface area contributed by atoms with Gasteiger partial charge < -0.3 is 16.0 Å². The number of nitrogens with two attached hydrogens (primary N) is 1. The van der Waals surface area contributed by atoms with E-state index in [0.29, 0.717) is 17.7 Å². The summed E-state index contributed by atoms with van der Waals surface area (Å²) in [5, 5.41) is 3.14. The zero-order valence-electron chi connectivity index (χ0n) is 9.98. The van der Waals surface area contributed by atoms with Crippen molar-refractivity contribution in [2.24, 2.45) is 17.6 Å². The lowest BCUT2D eigenvalue weighted by molar-refractivity contribution is 0.255. The highest BCUT2D eigenvalue weighted by molar-refractivity contribution is 5.29. The highest BCUT2D eigenvalue weighted by Crippen LogP contribution is 2.29. The molecule has 0 saturated heterocycles. The van der Waals surface area contributed by atoms with E-state index in [-0.39, 0.29) is 5.56 Å². The van der Waals surface area contributed by atoms with Crippen molar-refractivity contribution in [3.05, 3.63) is 22.7 Å². The summed E-state index contributed by atoms with van der Waals surface area (Å²) >= 11 is 0. The topological polar surface area (TPSA) is 83.8 Å². The molecule has 2 rings (SSSR count). The van der Waals surface area contributed by atoms with E-state index in [9.17, 15) is 4.79 Å². The van der Waals surface area contributed by atoms with Crippen LogP contribution in [0.5, 0.6) is 0 Å². The summed E-state index contributed by atoms with van der Waals surface area (Å²) in [6.45, 7) is 1.53. The van der Waals surface area contributed by atoms with E-state index in [4.69, 9.17) is 5.73 Å². The largest absolute Gasteiger partial charge is 0.365 e. The molecule has 1 aliphatic rings. The van der Waals surface area contributed by atoms with E-state index in [2.05, 4.69) is 15.3 Å². The molecule has 1 heterocycles. The third-order valence-electron chi connectivity index (χ3n) is 3.61. The first-order chi connectivity index (χ1) is 8.31. The highest BCUT2D eigenvalue weighted by atomic mass is 16.1. The van der Waals surface area contributed by atoms with Crippen molar-refractivity contribution in [1.29, 1.82) is 0 Å². The molecule has 94 valence electrons. The summed E-state index contributed by atoms with van der Waals surface area (Å²) < 4.78 is 0. The van der Waals surface area contributed by atoms with Gasteiger partial charge in [0.1, 0.15) is 0 Å². The third-order valence-corrected chi connectivity index (χ3v) is 3.61. The van der Waals surface area contributed by atoms with Gasteiger partial charge in [0.15, 0.2) is 5.82 Å². The number of nitrogens with one attached hydrogen (secondary N) is 2. The number of aromatic nitrogens is 2. The van der Waals surface area contributed by atoms with Crippen molar-refractivity contribution in [1.82, 2.24) is 9.97 Å². The van der Waals surface area contributed by atoms with Crippen molar-refractivity contribution in [3.63, 3.8) is 0 Å². The van der Waals surface area contributed by atoms with E-state index in [0.717, 1.165) is 13.1 Å². The fraction of sp³-hybridized carbons (Fsp3) is 0.667. The zero-order valence-corrected chi connectivity index (χ0v) is 9.98. The highest BCUT2D eigenvalue weighted by Gasteiger charge is 2.23. The lowest BCUT2D eigenvalue weighted by atomic mass is 9.79. The van der Waals surface area contributed by atoms with Gasteiger partial charge in [0.05, 0.1) is 0 Å². The minimum absolute atomic E-state index is 0.160. The Morgan fingerprint density at radius 3 is 2.88 bits per heavy atom. The number of rotatable bonds is 4. The van der Waals surface area contributed by atoms with Crippen molar-refractivity contribution in [3.8, 4) is 0 Å². The fourth-order valence-corrected chi connectivity index (χ4v) is 2.57. The maximum absolute atomic E-state index is 11.4.